The van der Waals surface area contributed by atoms with Gasteiger partial charge in [0.1, 0.15) is 0 Å². The standard InChI is InChI=1S/C16H25N3O/c1-2-15(17)16(20)19-10-6-9-18(11-12-19)13-14-7-4-3-5-8-14/h3-5,7-8,15H,2,6,9-13,17H2,1H3/t15-/m0/s1. The fraction of sp³-hybridized carbons (Fsp3) is 0.562. The van der Waals surface area contributed by atoms with Crippen molar-refractivity contribution < 1.29 is 4.79 Å². The minimum Gasteiger partial charge on any atom is -0.340 e. The van der Waals surface area contributed by atoms with Crippen LogP contribution in [0.1, 0.15) is 25.3 Å². The Morgan fingerprint density at radius 2 is 1.95 bits per heavy atom. The van der Waals surface area contributed by atoms with E-state index in [-0.39, 0.29) is 11.9 Å². The van der Waals surface area contributed by atoms with Crippen LogP contribution in [-0.2, 0) is 11.3 Å². The van der Waals surface area contributed by atoms with Gasteiger partial charge in [0.25, 0.3) is 0 Å². The summed E-state index contributed by atoms with van der Waals surface area (Å²) in [4.78, 5) is 16.5. The van der Waals surface area contributed by atoms with Gasteiger partial charge >= 0.3 is 0 Å². The number of carbonyl (C=O) groups excluding carboxylic acids is 1. The molecule has 2 rings (SSSR count). The zero-order valence-corrected chi connectivity index (χ0v) is 12.3. The molecule has 110 valence electrons. The average molecular weight is 275 g/mol. The molecular weight excluding hydrogens is 250 g/mol. The van der Waals surface area contributed by atoms with Gasteiger partial charge in [-0.1, -0.05) is 37.3 Å². The molecular formula is C16H25N3O. The van der Waals surface area contributed by atoms with E-state index in [1.165, 1.54) is 5.56 Å². The van der Waals surface area contributed by atoms with Crippen molar-refractivity contribution in [3.63, 3.8) is 0 Å². The van der Waals surface area contributed by atoms with Crippen LogP contribution in [0.2, 0.25) is 0 Å². The van der Waals surface area contributed by atoms with Crippen molar-refractivity contribution in [3.05, 3.63) is 35.9 Å². The molecule has 0 spiro atoms. The molecule has 1 heterocycles. The first-order valence-electron chi connectivity index (χ1n) is 7.51. The van der Waals surface area contributed by atoms with Gasteiger partial charge < -0.3 is 10.6 Å². The lowest BCUT2D eigenvalue weighted by Crippen LogP contribution is -2.44. The number of benzene rings is 1. The number of carbonyl (C=O) groups is 1. The van der Waals surface area contributed by atoms with Gasteiger partial charge in [0, 0.05) is 32.7 Å². The SMILES string of the molecule is CC[C@H](N)C(=O)N1CCCN(Cc2ccccc2)CC1. The summed E-state index contributed by atoms with van der Waals surface area (Å²) >= 11 is 0. The summed E-state index contributed by atoms with van der Waals surface area (Å²) < 4.78 is 0. The molecule has 0 radical (unpaired) electrons. The molecule has 4 heteroatoms. The van der Waals surface area contributed by atoms with E-state index >= 15 is 0 Å². The number of rotatable bonds is 4. The van der Waals surface area contributed by atoms with Crippen molar-refractivity contribution in [2.45, 2.75) is 32.4 Å². The molecule has 1 aliphatic rings. The van der Waals surface area contributed by atoms with E-state index < -0.39 is 0 Å². The van der Waals surface area contributed by atoms with Gasteiger partial charge in [0.05, 0.1) is 6.04 Å². The number of amides is 1. The molecule has 4 nitrogen and oxygen atoms in total. The third kappa shape index (κ3) is 4.05. The van der Waals surface area contributed by atoms with Gasteiger partial charge in [-0.15, -0.1) is 0 Å². The zero-order chi connectivity index (χ0) is 14.4. The number of nitrogens with two attached hydrogens (primary N) is 1. The Balaban J connectivity index is 1.87. The molecule has 0 aliphatic carbocycles. The monoisotopic (exact) mass is 275 g/mol. The molecule has 1 saturated heterocycles. The first-order valence-corrected chi connectivity index (χ1v) is 7.51. The predicted molar refractivity (Wildman–Crippen MR) is 81.2 cm³/mol. The van der Waals surface area contributed by atoms with E-state index in [1.807, 2.05) is 17.9 Å². The molecule has 20 heavy (non-hydrogen) atoms. The number of nitrogens with zero attached hydrogens (tertiary/aromatic N) is 2. The molecule has 1 atom stereocenters. The predicted octanol–water partition coefficient (Wildman–Crippen LogP) is 1.46. The highest BCUT2D eigenvalue weighted by atomic mass is 16.2. The van der Waals surface area contributed by atoms with Crippen LogP contribution in [0.15, 0.2) is 30.3 Å². The van der Waals surface area contributed by atoms with E-state index in [0.717, 1.165) is 39.1 Å². The largest absolute Gasteiger partial charge is 0.340 e. The third-order valence-electron chi connectivity index (χ3n) is 3.91. The Morgan fingerprint density at radius 1 is 1.20 bits per heavy atom. The van der Waals surface area contributed by atoms with Gasteiger partial charge in [-0.2, -0.15) is 0 Å². The molecule has 1 fully saturated rings. The lowest BCUT2D eigenvalue weighted by molar-refractivity contribution is -0.132. The fourth-order valence-electron chi connectivity index (χ4n) is 2.60. The highest BCUT2D eigenvalue weighted by molar-refractivity contribution is 5.81. The van der Waals surface area contributed by atoms with Crippen LogP contribution in [0.3, 0.4) is 0 Å². The van der Waals surface area contributed by atoms with Crippen molar-refractivity contribution in [2.75, 3.05) is 26.2 Å². The first kappa shape index (κ1) is 15.0. The average Bonchev–Trinajstić information content (AvgIpc) is 2.72. The van der Waals surface area contributed by atoms with Gasteiger partial charge in [-0.3, -0.25) is 9.69 Å². The van der Waals surface area contributed by atoms with E-state index in [1.54, 1.807) is 0 Å². The Hall–Kier alpha value is -1.39. The summed E-state index contributed by atoms with van der Waals surface area (Å²) in [5.74, 6) is 0.106. The quantitative estimate of drug-likeness (QED) is 0.905. The molecule has 1 aromatic carbocycles. The lowest BCUT2D eigenvalue weighted by Gasteiger charge is -2.24. The second-order valence-corrected chi connectivity index (χ2v) is 5.46. The van der Waals surface area contributed by atoms with Gasteiger partial charge in [0.2, 0.25) is 5.91 Å². The zero-order valence-electron chi connectivity index (χ0n) is 12.3. The maximum atomic E-state index is 12.1. The molecule has 0 aromatic heterocycles. The second-order valence-electron chi connectivity index (χ2n) is 5.46. The fourth-order valence-corrected chi connectivity index (χ4v) is 2.60. The van der Waals surface area contributed by atoms with Crippen LogP contribution in [0.4, 0.5) is 0 Å². The summed E-state index contributed by atoms with van der Waals surface area (Å²) in [6.45, 7) is 6.51. The summed E-state index contributed by atoms with van der Waals surface area (Å²) in [7, 11) is 0. The molecule has 1 aromatic rings. The van der Waals surface area contributed by atoms with Gasteiger partial charge in [-0.25, -0.2) is 0 Å². The Morgan fingerprint density at radius 3 is 2.65 bits per heavy atom. The van der Waals surface area contributed by atoms with Crippen LogP contribution in [0.25, 0.3) is 0 Å². The van der Waals surface area contributed by atoms with Crippen molar-refractivity contribution in [1.29, 1.82) is 0 Å². The summed E-state index contributed by atoms with van der Waals surface area (Å²) in [5.41, 5.74) is 7.18. The number of hydrogen-bond donors (Lipinski definition) is 1. The maximum Gasteiger partial charge on any atom is 0.239 e. The van der Waals surface area contributed by atoms with Crippen molar-refractivity contribution >= 4 is 5.91 Å². The number of hydrogen-bond acceptors (Lipinski definition) is 3. The van der Waals surface area contributed by atoms with Crippen molar-refractivity contribution in [2.24, 2.45) is 5.73 Å². The van der Waals surface area contributed by atoms with E-state index in [2.05, 4.69) is 29.2 Å². The normalized spacial score (nSPS) is 18.6. The molecule has 1 aliphatic heterocycles. The Labute approximate surface area is 121 Å². The molecule has 0 unspecified atom stereocenters. The van der Waals surface area contributed by atoms with Crippen molar-refractivity contribution in [1.82, 2.24) is 9.80 Å². The van der Waals surface area contributed by atoms with Crippen molar-refractivity contribution in [3.8, 4) is 0 Å². The maximum absolute atomic E-state index is 12.1. The molecule has 0 saturated carbocycles. The minimum absolute atomic E-state index is 0.106. The van der Waals surface area contributed by atoms with Crippen LogP contribution in [0.5, 0.6) is 0 Å². The Kier molecular flexibility index (Phi) is 5.56. The highest BCUT2D eigenvalue weighted by Gasteiger charge is 2.22. The van der Waals surface area contributed by atoms with Crippen LogP contribution in [0, 0.1) is 0 Å². The van der Waals surface area contributed by atoms with E-state index in [9.17, 15) is 4.79 Å². The second kappa shape index (κ2) is 7.41. The molecule has 0 bridgehead atoms. The summed E-state index contributed by atoms with van der Waals surface area (Å²) in [5, 5.41) is 0. The van der Waals surface area contributed by atoms with Gasteiger partial charge in [0.15, 0.2) is 0 Å². The topological polar surface area (TPSA) is 49.6 Å². The van der Waals surface area contributed by atoms with Crippen LogP contribution < -0.4 is 5.73 Å². The first-order chi connectivity index (χ1) is 9.70. The third-order valence-corrected chi connectivity index (χ3v) is 3.91. The highest BCUT2D eigenvalue weighted by Crippen LogP contribution is 2.10. The molecule has 1 amide bonds. The Bertz CT molecular complexity index is 421. The van der Waals surface area contributed by atoms with Crippen LogP contribution >= 0.6 is 0 Å². The van der Waals surface area contributed by atoms with Crippen LogP contribution in [-0.4, -0.2) is 47.9 Å². The summed E-state index contributed by atoms with van der Waals surface area (Å²) in [6, 6.07) is 10.2. The lowest BCUT2D eigenvalue weighted by atomic mass is 10.2. The van der Waals surface area contributed by atoms with E-state index in [0.29, 0.717) is 6.42 Å². The smallest absolute Gasteiger partial charge is 0.239 e. The van der Waals surface area contributed by atoms with E-state index in [4.69, 9.17) is 5.73 Å². The molecule has 2 N–H and O–H groups in total. The minimum atomic E-state index is -0.337. The summed E-state index contributed by atoms with van der Waals surface area (Å²) in [6.07, 6.45) is 1.73. The van der Waals surface area contributed by atoms with Gasteiger partial charge in [-0.05, 0) is 18.4 Å².